The third-order valence-electron chi connectivity index (χ3n) is 3.19. The van der Waals surface area contributed by atoms with Crippen molar-refractivity contribution in [2.45, 2.75) is 20.4 Å². The number of anilines is 1. The maximum absolute atomic E-state index is 13.1. The standard InChI is InChI=1S/C15H18FN3O2/c1-4-21-15(20)12-8-18-19(3)14(12)9-17-13-6-5-11(16)7-10(13)2/h5-8,17H,4,9H2,1-3H3. The lowest BCUT2D eigenvalue weighted by Crippen LogP contribution is -2.12. The highest BCUT2D eigenvalue weighted by Crippen LogP contribution is 2.18. The second-order valence-electron chi connectivity index (χ2n) is 4.66. The Kier molecular flexibility index (Phi) is 4.57. The number of esters is 1. The van der Waals surface area contributed by atoms with E-state index in [1.54, 1.807) is 24.7 Å². The summed E-state index contributed by atoms with van der Waals surface area (Å²) in [7, 11) is 1.76. The van der Waals surface area contributed by atoms with E-state index in [-0.39, 0.29) is 5.82 Å². The zero-order valence-corrected chi connectivity index (χ0v) is 12.3. The van der Waals surface area contributed by atoms with Crippen LogP contribution in [0.5, 0.6) is 0 Å². The van der Waals surface area contributed by atoms with Crippen LogP contribution in [0, 0.1) is 12.7 Å². The van der Waals surface area contributed by atoms with Crippen LogP contribution in [0.4, 0.5) is 10.1 Å². The SMILES string of the molecule is CCOC(=O)c1cnn(C)c1CNc1ccc(F)cc1C. The largest absolute Gasteiger partial charge is 0.462 e. The van der Waals surface area contributed by atoms with Crippen molar-refractivity contribution in [1.29, 1.82) is 0 Å². The molecule has 5 nitrogen and oxygen atoms in total. The van der Waals surface area contributed by atoms with Crippen molar-refractivity contribution in [3.8, 4) is 0 Å². The van der Waals surface area contributed by atoms with Gasteiger partial charge in [-0.15, -0.1) is 0 Å². The molecule has 0 radical (unpaired) electrons. The average Bonchev–Trinajstić information content (AvgIpc) is 2.79. The third-order valence-corrected chi connectivity index (χ3v) is 3.19. The minimum Gasteiger partial charge on any atom is -0.462 e. The van der Waals surface area contributed by atoms with E-state index in [0.29, 0.717) is 18.7 Å². The van der Waals surface area contributed by atoms with Crippen molar-refractivity contribution >= 4 is 11.7 Å². The molecule has 0 unspecified atom stereocenters. The molecule has 2 aromatic rings. The van der Waals surface area contributed by atoms with Gasteiger partial charge in [0.15, 0.2) is 0 Å². The summed E-state index contributed by atoms with van der Waals surface area (Å²) in [4.78, 5) is 11.8. The lowest BCUT2D eigenvalue weighted by atomic mass is 10.2. The summed E-state index contributed by atoms with van der Waals surface area (Å²) in [5, 5.41) is 7.27. The van der Waals surface area contributed by atoms with Gasteiger partial charge in [-0.05, 0) is 37.6 Å². The Morgan fingerprint density at radius 3 is 2.90 bits per heavy atom. The minimum atomic E-state index is -0.391. The third kappa shape index (κ3) is 3.39. The van der Waals surface area contributed by atoms with Crippen molar-refractivity contribution in [3.63, 3.8) is 0 Å². The highest BCUT2D eigenvalue weighted by molar-refractivity contribution is 5.90. The number of nitrogens with zero attached hydrogens (tertiary/aromatic N) is 2. The normalized spacial score (nSPS) is 10.5. The summed E-state index contributed by atoms with van der Waals surface area (Å²) in [6.45, 7) is 4.30. The van der Waals surface area contributed by atoms with Crippen LogP contribution in [0.1, 0.15) is 28.5 Å². The molecule has 0 saturated carbocycles. The smallest absolute Gasteiger partial charge is 0.341 e. The van der Waals surface area contributed by atoms with E-state index in [9.17, 15) is 9.18 Å². The number of aromatic nitrogens is 2. The van der Waals surface area contributed by atoms with Gasteiger partial charge in [0.25, 0.3) is 0 Å². The molecule has 0 atom stereocenters. The summed E-state index contributed by atoms with van der Waals surface area (Å²) >= 11 is 0. The first-order valence-electron chi connectivity index (χ1n) is 6.71. The second-order valence-corrected chi connectivity index (χ2v) is 4.66. The number of benzene rings is 1. The fourth-order valence-corrected chi connectivity index (χ4v) is 2.06. The molecule has 1 aromatic carbocycles. The second kappa shape index (κ2) is 6.39. The van der Waals surface area contributed by atoms with Crippen molar-refractivity contribution in [2.24, 2.45) is 7.05 Å². The molecule has 1 aromatic heterocycles. The number of rotatable bonds is 5. The molecule has 0 spiro atoms. The number of carbonyl (C=O) groups is 1. The van der Waals surface area contributed by atoms with Crippen LogP contribution >= 0.6 is 0 Å². The molecular weight excluding hydrogens is 273 g/mol. The van der Waals surface area contributed by atoms with Gasteiger partial charge in [-0.3, -0.25) is 4.68 Å². The van der Waals surface area contributed by atoms with Gasteiger partial charge in [-0.2, -0.15) is 5.10 Å². The predicted octanol–water partition coefficient (Wildman–Crippen LogP) is 2.66. The van der Waals surface area contributed by atoms with Gasteiger partial charge in [0.1, 0.15) is 11.4 Å². The van der Waals surface area contributed by atoms with Crippen LogP contribution in [0.3, 0.4) is 0 Å². The topological polar surface area (TPSA) is 56.1 Å². The van der Waals surface area contributed by atoms with Crippen molar-refractivity contribution in [2.75, 3.05) is 11.9 Å². The van der Waals surface area contributed by atoms with Crippen LogP contribution in [0.25, 0.3) is 0 Å². The molecule has 112 valence electrons. The fourth-order valence-electron chi connectivity index (χ4n) is 2.06. The molecule has 0 saturated heterocycles. The number of carbonyl (C=O) groups excluding carboxylic acids is 1. The predicted molar refractivity (Wildman–Crippen MR) is 77.6 cm³/mol. The number of aryl methyl sites for hydroxylation is 2. The van der Waals surface area contributed by atoms with Gasteiger partial charge in [0.2, 0.25) is 0 Å². The Bertz CT molecular complexity index is 652. The van der Waals surface area contributed by atoms with Gasteiger partial charge < -0.3 is 10.1 Å². The molecule has 0 amide bonds. The van der Waals surface area contributed by atoms with Crippen LogP contribution in [-0.2, 0) is 18.3 Å². The zero-order chi connectivity index (χ0) is 15.4. The van der Waals surface area contributed by atoms with E-state index in [2.05, 4.69) is 10.4 Å². The van der Waals surface area contributed by atoms with Crippen molar-refractivity contribution in [3.05, 3.63) is 47.0 Å². The van der Waals surface area contributed by atoms with Gasteiger partial charge in [-0.25, -0.2) is 9.18 Å². The van der Waals surface area contributed by atoms with E-state index >= 15 is 0 Å². The van der Waals surface area contributed by atoms with Crippen molar-refractivity contribution in [1.82, 2.24) is 9.78 Å². The van der Waals surface area contributed by atoms with E-state index in [1.807, 2.05) is 6.92 Å². The molecule has 1 heterocycles. The number of hydrogen-bond donors (Lipinski definition) is 1. The molecule has 1 N–H and O–H groups in total. The Hall–Kier alpha value is -2.37. The molecule has 2 rings (SSSR count). The van der Waals surface area contributed by atoms with Gasteiger partial charge in [0.05, 0.1) is 25.0 Å². The van der Waals surface area contributed by atoms with E-state index < -0.39 is 5.97 Å². The Morgan fingerprint density at radius 1 is 1.48 bits per heavy atom. The highest BCUT2D eigenvalue weighted by atomic mass is 19.1. The Labute approximate surface area is 122 Å². The summed E-state index contributed by atoms with van der Waals surface area (Å²) in [6, 6.07) is 4.52. The van der Waals surface area contributed by atoms with E-state index in [4.69, 9.17) is 4.74 Å². The van der Waals surface area contributed by atoms with Crippen LogP contribution in [0.15, 0.2) is 24.4 Å². The first-order valence-corrected chi connectivity index (χ1v) is 6.71. The summed E-state index contributed by atoms with van der Waals surface area (Å²) in [5.41, 5.74) is 2.77. The first-order chi connectivity index (χ1) is 10.0. The van der Waals surface area contributed by atoms with Gasteiger partial charge in [-0.1, -0.05) is 0 Å². The lowest BCUT2D eigenvalue weighted by molar-refractivity contribution is 0.0525. The maximum Gasteiger partial charge on any atom is 0.341 e. The van der Waals surface area contributed by atoms with E-state index in [1.165, 1.54) is 18.3 Å². The molecule has 6 heteroatoms. The molecule has 0 aliphatic carbocycles. The number of nitrogens with one attached hydrogen (secondary N) is 1. The molecule has 0 fully saturated rings. The van der Waals surface area contributed by atoms with Crippen LogP contribution < -0.4 is 5.32 Å². The Morgan fingerprint density at radius 2 is 2.24 bits per heavy atom. The fraction of sp³-hybridized carbons (Fsp3) is 0.333. The van der Waals surface area contributed by atoms with Gasteiger partial charge in [0, 0.05) is 12.7 Å². The quantitative estimate of drug-likeness (QED) is 0.860. The lowest BCUT2D eigenvalue weighted by Gasteiger charge is -2.11. The Balaban J connectivity index is 2.16. The first kappa shape index (κ1) is 15.0. The summed E-state index contributed by atoms with van der Waals surface area (Å²) in [6.07, 6.45) is 1.49. The summed E-state index contributed by atoms with van der Waals surface area (Å²) < 4.78 is 19.7. The number of hydrogen-bond acceptors (Lipinski definition) is 4. The molecule has 21 heavy (non-hydrogen) atoms. The zero-order valence-electron chi connectivity index (χ0n) is 12.3. The van der Waals surface area contributed by atoms with E-state index in [0.717, 1.165) is 16.9 Å². The highest BCUT2D eigenvalue weighted by Gasteiger charge is 2.17. The average molecular weight is 291 g/mol. The van der Waals surface area contributed by atoms with Crippen molar-refractivity contribution < 1.29 is 13.9 Å². The number of halogens is 1. The van der Waals surface area contributed by atoms with Crippen LogP contribution in [0.2, 0.25) is 0 Å². The molecule has 0 bridgehead atoms. The van der Waals surface area contributed by atoms with Crippen LogP contribution in [-0.4, -0.2) is 22.4 Å². The summed E-state index contributed by atoms with van der Waals surface area (Å²) in [5.74, 6) is -0.663. The van der Waals surface area contributed by atoms with Gasteiger partial charge >= 0.3 is 5.97 Å². The molecule has 0 aliphatic rings. The maximum atomic E-state index is 13.1. The monoisotopic (exact) mass is 291 g/mol. The number of ether oxygens (including phenoxy) is 1. The molecular formula is C15H18FN3O2. The minimum absolute atomic E-state index is 0.272. The molecule has 0 aliphatic heterocycles.